The summed E-state index contributed by atoms with van der Waals surface area (Å²) in [6.45, 7) is 3.16. The maximum absolute atomic E-state index is 14.0. The van der Waals surface area contributed by atoms with Gasteiger partial charge in [-0.3, -0.25) is 9.79 Å². The number of sulfone groups is 1. The number of nitrogens with one attached hydrogen (secondary N) is 2. The fourth-order valence-corrected chi connectivity index (χ4v) is 5.37. The van der Waals surface area contributed by atoms with Crippen molar-refractivity contribution in [3.05, 3.63) is 30.1 Å². The minimum absolute atomic E-state index is 0.0279. The molecule has 0 spiro atoms. The average Bonchev–Trinajstić information content (AvgIpc) is 3.04. The summed E-state index contributed by atoms with van der Waals surface area (Å²) in [5.41, 5.74) is 0.612. The average molecular weight is 426 g/mol. The van der Waals surface area contributed by atoms with E-state index in [9.17, 15) is 17.6 Å². The number of guanidine groups is 1. The molecule has 1 aromatic rings. The Balaban J connectivity index is 1.41. The zero-order chi connectivity index (χ0) is 20.9. The van der Waals surface area contributed by atoms with E-state index < -0.39 is 9.84 Å². The molecule has 2 heterocycles. The van der Waals surface area contributed by atoms with Crippen LogP contribution < -0.4 is 15.5 Å². The lowest BCUT2D eigenvalue weighted by atomic mass is 10.2. The predicted octanol–water partition coefficient (Wildman–Crippen LogP) is 0.217. The highest BCUT2D eigenvalue weighted by atomic mass is 32.2. The van der Waals surface area contributed by atoms with Crippen LogP contribution in [0.1, 0.15) is 12.8 Å². The van der Waals surface area contributed by atoms with Gasteiger partial charge in [0.2, 0.25) is 5.91 Å². The lowest BCUT2D eigenvalue weighted by Crippen LogP contribution is -2.53. The monoisotopic (exact) mass is 425 g/mol. The molecule has 2 saturated heterocycles. The van der Waals surface area contributed by atoms with E-state index in [0.29, 0.717) is 50.8 Å². The van der Waals surface area contributed by atoms with Gasteiger partial charge in [0.25, 0.3) is 0 Å². The van der Waals surface area contributed by atoms with Crippen LogP contribution in [0.15, 0.2) is 29.3 Å². The summed E-state index contributed by atoms with van der Waals surface area (Å²) in [5, 5.41) is 5.96. The van der Waals surface area contributed by atoms with Crippen molar-refractivity contribution in [2.45, 2.75) is 18.9 Å². The number of aliphatic imine (C=N–C) groups is 1. The summed E-state index contributed by atoms with van der Waals surface area (Å²) in [6, 6.07) is 6.48. The van der Waals surface area contributed by atoms with E-state index in [1.807, 2.05) is 11.0 Å². The Bertz CT molecular complexity index is 853. The predicted molar refractivity (Wildman–Crippen MR) is 111 cm³/mol. The molecule has 160 valence electrons. The molecule has 2 N–H and O–H groups in total. The summed E-state index contributed by atoms with van der Waals surface area (Å²) in [7, 11) is -1.31. The van der Waals surface area contributed by atoms with Crippen LogP contribution >= 0.6 is 0 Å². The van der Waals surface area contributed by atoms with E-state index >= 15 is 0 Å². The topological polar surface area (TPSA) is 94.1 Å². The third kappa shape index (κ3) is 5.81. The summed E-state index contributed by atoms with van der Waals surface area (Å²) in [6.07, 6.45) is 0.722. The van der Waals surface area contributed by atoms with Crippen LogP contribution in [0.3, 0.4) is 0 Å². The molecule has 2 fully saturated rings. The van der Waals surface area contributed by atoms with Gasteiger partial charge in [-0.05, 0) is 18.6 Å². The Hall–Kier alpha value is -2.36. The fraction of sp³-hybridized carbons (Fsp3) is 0.579. The molecule has 1 atom stereocenters. The summed E-state index contributed by atoms with van der Waals surface area (Å²) in [4.78, 5) is 20.4. The van der Waals surface area contributed by atoms with E-state index in [-0.39, 0.29) is 35.7 Å². The number of piperazine rings is 1. The smallest absolute Gasteiger partial charge is 0.222 e. The second-order valence-corrected chi connectivity index (χ2v) is 9.55. The van der Waals surface area contributed by atoms with Gasteiger partial charge in [-0.25, -0.2) is 12.8 Å². The van der Waals surface area contributed by atoms with Crippen molar-refractivity contribution < 1.29 is 17.6 Å². The van der Waals surface area contributed by atoms with Crippen molar-refractivity contribution in [2.75, 3.05) is 56.2 Å². The molecular weight excluding hydrogens is 397 g/mol. The number of benzene rings is 1. The molecule has 1 amide bonds. The van der Waals surface area contributed by atoms with Gasteiger partial charge < -0.3 is 20.4 Å². The number of para-hydroxylation sites is 1. The normalized spacial score (nSPS) is 21.9. The molecule has 10 heteroatoms. The van der Waals surface area contributed by atoms with E-state index in [1.165, 1.54) is 6.07 Å². The van der Waals surface area contributed by atoms with Gasteiger partial charge >= 0.3 is 0 Å². The number of carbonyl (C=O) groups excluding carboxylic acids is 1. The summed E-state index contributed by atoms with van der Waals surface area (Å²) < 4.78 is 36.9. The molecule has 0 saturated carbocycles. The van der Waals surface area contributed by atoms with Gasteiger partial charge in [-0.15, -0.1) is 0 Å². The zero-order valence-electron chi connectivity index (χ0n) is 16.6. The SMILES string of the molecule is CN=C(NCCC(=O)NC1CCS(=O)(=O)C1)N1CCN(c2ccccc2F)CC1. The molecule has 3 rings (SSSR count). The molecule has 2 aliphatic rings. The van der Waals surface area contributed by atoms with Crippen LogP contribution in [0.4, 0.5) is 10.1 Å². The van der Waals surface area contributed by atoms with Crippen LogP contribution in [0.5, 0.6) is 0 Å². The van der Waals surface area contributed by atoms with Crippen LogP contribution in [0.25, 0.3) is 0 Å². The van der Waals surface area contributed by atoms with Crippen LogP contribution in [0.2, 0.25) is 0 Å². The minimum Gasteiger partial charge on any atom is -0.366 e. The van der Waals surface area contributed by atoms with Crippen molar-refractivity contribution in [1.29, 1.82) is 0 Å². The first kappa shape index (κ1) is 21.4. The molecule has 2 aliphatic heterocycles. The van der Waals surface area contributed by atoms with Gasteiger partial charge in [-0.1, -0.05) is 12.1 Å². The third-order valence-corrected chi connectivity index (χ3v) is 6.98. The highest BCUT2D eigenvalue weighted by Gasteiger charge is 2.28. The lowest BCUT2D eigenvalue weighted by molar-refractivity contribution is -0.121. The van der Waals surface area contributed by atoms with Crippen LogP contribution in [-0.2, 0) is 14.6 Å². The second-order valence-electron chi connectivity index (χ2n) is 7.32. The number of nitrogens with zero attached hydrogens (tertiary/aromatic N) is 3. The Labute approximate surface area is 171 Å². The standard InChI is InChI=1S/C19H28FN5O3S/c1-21-19(22-8-6-18(26)23-15-7-13-29(27,28)14-15)25-11-9-24(10-12-25)17-5-3-2-4-16(17)20/h2-5,15H,6-14H2,1H3,(H,21,22)(H,23,26). The van der Waals surface area contributed by atoms with E-state index in [2.05, 4.69) is 20.5 Å². The van der Waals surface area contributed by atoms with Crippen LogP contribution in [-0.4, -0.2) is 82.5 Å². The number of hydrogen-bond acceptors (Lipinski definition) is 5. The molecule has 0 bridgehead atoms. The van der Waals surface area contributed by atoms with Crippen molar-refractivity contribution in [3.8, 4) is 0 Å². The second kappa shape index (κ2) is 9.43. The molecule has 8 nitrogen and oxygen atoms in total. The maximum Gasteiger partial charge on any atom is 0.222 e. The minimum atomic E-state index is -3.00. The quantitative estimate of drug-likeness (QED) is 0.518. The van der Waals surface area contributed by atoms with Gasteiger partial charge in [0.05, 0.1) is 17.2 Å². The first-order chi connectivity index (χ1) is 13.9. The van der Waals surface area contributed by atoms with Crippen molar-refractivity contribution in [1.82, 2.24) is 15.5 Å². The van der Waals surface area contributed by atoms with Gasteiger partial charge in [0.15, 0.2) is 15.8 Å². The first-order valence-corrected chi connectivity index (χ1v) is 11.6. The number of anilines is 1. The Morgan fingerprint density at radius 2 is 1.97 bits per heavy atom. The third-order valence-electron chi connectivity index (χ3n) is 5.22. The molecule has 1 aromatic carbocycles. The number of rotatable bonds is 5. The fourth-order valence-electron chi connectivity index (χ4n) is 3.70. The summed E-state index contributed by atoms with van der Waals surface area (Å²) in [5.74, 6) is 0.486. The first-order valence-electron chi connectivity index (χ1n) is 9.83. The highest BCUT2D eigenvalue weighted by Crippen LogP contribution is 2.20. The maximum atomic E-state index is 14.0. The van der Waals surface area contributed by atoms with Crippen molar-refractivity contribution in [2.24, 2.45) is 4.99 Å². The molecule has 29 heavy (non-hydrogen) atoms. The molecule has 0 aliphatic carbocycles. The van der Waals surface area contributed by atoms with Gasteiger partial charge in [0, 0.05) is 52.2 Å². The van der Waals surface area contributed by atoms with Gasteiger partial charge in [0.1, 0.15) is 5.82 Å². The van der Waals surface area contributed by atoms with E-state index in [4.69, 9.17) is 0 Å². The molecule has 0 radical (unpaired) electrons. The van der Waals surface area contributed by atoms with E-state index in [0.717, 1.165) is 0 Å². The number of hydrogen-bond donors (Lipinski definition) is 2. The molecule has 0 aromatic heterocycles. The van der Waals surface area contributed by atoms with E-state index in [1.54, 1.807) is 19.2 Å². The largest absolute Gasteiger partial charge is 0.366 e. The highest BCUT2D eigenvalue weighted by molar-refractivity contribution is 7.91. The number of amides is 1. The zero-order valence-corrected chi connectivity index (χ0v) is 17.4. The number of halogens is 1. The Morgan fingerprint density at radius 1 is 1.24 bits per heavy atom. The van der Waals surface area contributed by atoms with Crippen LogP contribution in [0, 0.1) is 5.82 Å². The van der Waals surface area contributed by atoms with Crippen molar-refractivity contribution in [3.63, 3.8) is 0 Å². The Morgan fingerprint density at radius 3 is 2.59 bits per heavy atom. The molecule has 1 unspecified atom stereocenters. The Kier molecular flexibility index (Phi) is 6.94. The van der Waals surface area contributed by atoms with Gasteiger partial charge in [-0.2, -0.15) is 0 Å². The summed E-state index contributed by atoms with van der Waals surface area (Å²) >= 11 is 0. The number of carbonyl (C=O) groups is 1. The molecular formula is C19H28FN5O3S. The lowest BCUT2D eigenvalue weighted by Gasteiger charge is -2.37. The van der Waals surface area contributed by atoms with Crippen molar-refractivity contribution >= 4 is 27.4 Å².